The van der Waals surface area contributed by atoms with E-state index in [4.69, 9.17) is 5.73 Å². The lowest BCUT2D eigenvalue weighted by atomic mass is 10.1. The fourth-order valence-electron chi connectivity index (χ4n) is 3.82. The summed E-state index contributed by atoms with van der Waals surface area (Å²) in [6.07, 6.45) is 0.669. The summed E-state index contributed by atoms with van der Waals surface area (Å²) in [5.41, 5.74) is 7.15. The molecule has 2 aromatic rings. The highest BCUT2D eigenvalue weighted by Gasteiger charge is 2.27. The summed E-state index contributed by atoms with van der Waals surface area (Å²) in [5, 5.41) is 5.95. The highest BCUT2D eigenvalue weighted by atomic mass is 16.2. The highest BCUT2D eigenvalue weighted by molar-refractivity contribution is 6.02. The second-order valence-electron chi connectivity index (χ2n) is 8.95. The maximum absolute atomic E-state index is 13.1. The number of anilines is 2. The van der Waals surface area contributed by atoms with E-state index in [1.54, 1.807) is 4.90 Å². The number of nitrogens with one attached hydrogen (secondary N) is 1. The average Bonchev–Trinajstić information content (AvgIpc) is 3.21. The van der Waals surface area contributed by atoms with E-state index in [0.717, 1.165) is 11.3 Å². The Morgan fingerprint density at radius 3 is 2.47 bits per heavy atom. The predicted molar refractivity (Wildman–Crippen MR) is 127 cm³/mol. The van der Waals surface area contributed by atoms with Gasteiger partial charge in [-0.15, -0.1) is 0 Å². The van der Waals surface area contributed by atoms with Gasteiger partial charge in [0.2, 0.25) is 0 Å². The summed E-state index contributed by atoms with van der Waals surface area (Å²) >= 11 is 0. The lowest BCUT2D eigenvalue weighted by Gasteiger charge is -2.28. The van der Waals surface area contributed by atoms with Crippen molar-refractivity contribution in [3.05, 3.63) is 56.7 Å². The van der Waals surface area contributed by atoms with E-state index < -0.39 is 11.2 Å². The normalized spacial score (nSPS) is 13.7. The van der Waals surface area contributed by atoms with Gasteiger partial charge < -0.3 is 10.6 Å². The number of carbonyl (C=O) groups excluding carboxylic acids is 1. The van der Waals surface area contributed by atoms with Crippen molar-refractivity contribution in [3.8, 4) is 0 Å². The van der Waals surface area contributed by atoms with Crippen LogP contribution in [0.5, 0.6) is 0 Å². The van der Waals surface area contributed by atoms with Crippen LogP contribution in [0.25, 0.3) is 0 Å². The standard InChI is InChI=1S/C23H32N6O3/c1-15(2)12-27(20-21(24)28(13-16(3)4)23(32)25-22(20)31)14-19(30)29-11-10-18(26-29)17-8-6-5-7-9-17/h5-9,15-16H,10-14,24H2,1-4H3,(H,25,31,32). The minimum Gasteiger partial charge on any atom is -0.383 e. The van der Waals surface area contributed by atoms with E-state index in [2.05, 4.69) is 10.1 Å². The molecule has 2 heterocycles. The Hall–Kier alpha value is -3.36. The zero-order valence-electron chi connectivity index (χ0n) is 19.2. The van der Waals surface area contributed by atoms with Crippen LogP contribution in [-0.2, 0) is 11.3 Å². The number of amides is 1. The van der Waals surface area contributed by atoms with Gasteiger partial charge in [0.1, 0.15) is 11.5 Å². The van der Waals surface area contributed by atoms with Gasteiger partial charge in [-0.3, -0.25) is 19.1 Å². The average molecular weight is 441 g/mol. The maximum Gasteiger partial charge on any atom is 0.330 e. The van der Waals surface area contributed by atoms with Crippen LogP contribution in [-0.4, -0.2) is 45.8 Å². The highest BCUT2D eigenvalue weighted by Crippen LogP contribution is 2.20. The minimum atomic E-state index is -0.587. The van der Waals surface area contributed by atoms with Crippen LogP contribution >= 0.6 is 0 Å². The van der Waals surface area contributed by atoms with Crippen molar-refractivity contribution < 1.29 is 4.79 Å². The number of nitrogen functional groups attached to an aromatic ring is 1. The molecule has 9 heteroatoms. The maximum atomic E-state index is 13.1. The summed E-state index contributed by atoms with van der Waals surface area (Å²) in [6, 6.07) is 9.75. The fourth-order valence-corrected chi connectivity index (χ4v) is 3.82. The molecule has 1 amide bonds. The van der Waals surface area contributed by atoms with E-state index in [1.807, 2.05) is 58.0 Å². The Bertz CT molecular complexity index is 1100. The van der Waals surface area contributed by atoms with Gasteiger partial charge in [0.05, 0.1) is 18.8 Å². The SMILES string of the molecule is CC(C)CN(CC(=O)N1CCC(c2ccccc2)=N1)c1c(N)n(CC(C)C)c(=O)[nH]c1=O. The van der Waals surface area contributed by atoms with Crippen LogP contribution in [0.4, 0.5) is 11.5 Å². The van der Waals surface area contributed by atoms with Crippen molar-refractivity contribution in [1.82, 2.24) is 14.6 Å². The van der Waals surface area contributed by atoms with Gasteiger partial charge >= 0.3 is 5.69 Å². The molecule has 0 saturated carbocycles. The lowest BCUT2D eigenvalue weighted by Crippen LogP contribution is -2.44. The number of benzene rings is 1. The molecule has 0 unspecified atom stereocenters. The zero-order valence-corrected chi connectivity index (χ0v) is 19.2. The summed E-state index contributed by atoms with van der Waals surface area (Å²) in [6.45, 7) is 9.13. The van der Waals surface area contributed by atoms with Crippen molar-refractivity contribution in [2.24, 2.45) is 16.9 Å². The molecule has 0 spiro atoms. The number of aromatic nitrogens is 2. The van der Waals surface area contributed by atoms with Crippen molar-refractivity contribution in [1.29, 1.82) is 0 Å². The number of aromatic amines is 1. The molecule has 0 saturated heterocycles. The molecule has 172 valence electrons. The first-order valence-corrected chi connectivity index (χ1v) is 11.0. The van der Waals surface area contributed by atoms with Gasteiger partial charge in [-0.05, 0) is 17.4 Å². The van der Waals surface area contributed by atoms with E-state index >= 15 is 0 Å². The molecule has 1 aliphatic heterocycles. The largest absolute Gasteiger partial charge is 0.383 e. The Morgan fingerprint density at radius 2 is 1.84 bits per heavy atom. The summed E-state index contributed by atoms with van der Waals surface area (Å²) in [5.74, 6) is 0.172. The van der Waals surface area contributed by atoms with Crippen molar-refractivity contribution >= 4 is 23.1 Å². The van der Waals surface area contributed by atoms with E-state index in [0.29, 0.717) is 26.1 Å². The number of hydrogen-bond acceptors (Lipinski definition) is 6. The van der Waals surface area contributed by atoms with Crippen LogP contribution in [0.2, 0.25) is 0 Å². The Morgan fingerprint density at radius 1 is 1.16 bits per heavy atom. The van der Waals surface area contributed by atoms with Gasteiger partial charge in [0.25, 0.3) is 11.5 Å². The van der Waals surface area contributed by atoms with Gasteiger partial charge in [-0.1, -0.05) is 58.0 Å². The minimum absolute atomic E-state index is 0.0586. The fraction of sp³-hybridized carbons (Fsp3) is 0.478. The number of nitrogens with two attached hydrogens (primary N) is 1. The summed E-state index contributed by atoms with van der Waals surface area (Å²) in [4.78, 5) is 42.1. The molecule has 0 aliphatic carbocycles. The van der Waals surface area contributed by atoms with E-state index in [9.17, 15) is 14.4 Å². The van der Waals surface area contributed by atoms with Crippen LogP contribution in [0, 0.1) is 11.8 Å². The molecule has 32 heavy (non-hydrogen) atoms. The molecule has 9 nitrogen and oxygen atoms in total. The van der Waals surface area contributed by atoms with Gasteiger partial charge in [0, 0.05) is 19.5 Å². The number of rotatable bonds is 8. The summed E-state index contributed by atoms with van der Waals surface area (Å²) in [7, 11) is 0. The third kappa shape index (κ3) is 5.27. The third-order valence-corrected chi connectivity index (χ3v) is 5.19. The number of hydrogen-bond donors (Lipinski definition) is 2. The number of H-pyrrole nitrogens is 1. The second kappa shape index (κ2) is 9.84. The Balaban J connectivity index is 1.90. The Labute approximate surface area is 187 Å². The quantitative estimate of drug-likeness (QED) is 0.650. The van der Waals surface area contributed by atoms with Gasteiger partial charge in [-0.25, -0.2) is 9.80 Å². The van der Waals surface area contributed by atoms with Gasteiger partial charge in [-0.2, -0.15) is 5.10 Å². The monoisotopic (exact) mass is 440 g/mol. The van der Waals surface area contributed by atoms with E-state index in [-0.39, 0.29) is 35.8 Å². The second-order valence-corrected chi connectivity index (χ2v) is 8.95. The van der Waals surface area contributed by atoms with Crippen LogP contribution in [0.1, 0.15) is 39.7 Å². The van der Waals surface area contributed by atoms with Crippen LogP contribution < -0.4 is 21.9 Å². The number of nitrogens with zero attached hydrogens (tertiary/aromatic N) is 4. The summed E-state index contributed by atoms with van der Waals surface area (Å²) < 4.78 is 1.36. The van der Waals surface area contributed by atoms with Crippen molar-refractivity contribution in [2.75, 3.05) is 30.3 Å². The number of hydrazone groups is 1. The molecule has 1 aromatic heterocycles. The molecular formula is C23H32N6O3. The van der Waals surface area contributed by atoms with Gasteiger partial charge in [0.15, 0.2) is 0 Å². The lowest BCUT2D eigenvalue weighted by molar-refractivity contribution is -0.129. The zero-order chi connectivity index (χ0) is 23.4. The predicted octanol–water partition coefficient (Wildman–Crippen LogP) is 1.87. The van der Waals surface area contributed by atoms with Crippen molar-refractivity contribution in [3.63, 3.8) is 0 Å². The van der Waals surface area contributed by atoms with E-state index in [1.165, 1.54) is 9.58 Å². The first-order chi connectivity index (χ1) is 15.2. The first kappa shape index (κ1) is 23.3. The molecule has 3 N–H and O–H groups in total. The number of carbonyl (C=O) groups is 1. The molecule has 1 aromatic carbocycles. The van der Waals surface area contributed by atoms with Crippen LogP contribution in [0.3, 0.4) is 0 Å². The molecule has 0 radical (unpaired) electrons. The molecular weight excluding hydrogens is 408 g/mol. The topological polar surface area (TPSA) is 117 Å². The van der Waals surface area contributed by atoms with Crippen molar-refractivity contribution in [2.45, 2.75) is 40.7 Å². The molecule has 0 atom stereocenters. The first-order valence-electron chi connectivity index (χ1n) is 11.0. The molecule has 0 fully saturated rings. The Kier molecular flexibility index (Phi) is 7.17. The van der Waals surface area contributed by atoms with Crippen LogP contribution in [0.15, 0.2) is 45.0 Å². The molecule has 3 rings (SSSR count). The molecule has 1 aliphatic rings. The third-order valence-electron chi connectivity index (χ3n) is 5.19. The smallest absolute Gasteiger partial charge is 0.330 e. The molecule has 0 bridgehead atoms.